The van der Waals surface area contributed by atoms with E-state index in [0.717, 1.165) is 75.1 Å². The number of likely N-dealkylation sites (tertiary alicyclic amines) is 2. The first-order valence-corrected chi connectivity index (χ1v) is 28.4. The fraction of sp³-hybridized carbons (Fsp3) is 0.459. The lowest BCUT2D eigenvalue weighted by Gasteiger charge is -2.42. The summed E-state index contributed by atoms with van der Waals surface area (Å²) >= 11 is 0. The number of carbonyl (C=O) groups excluding carboxylic acids is 2. The second-order valence-corrected chi connectivity index (χ2v) is 23.3. The van der Waals surface area contributed by atoms with Crippen molar-refractivity contribution in [1.82, 2.24) is 50.3 Å². The number of hydrogen-bond acceptors (Lipinski definition) is 15. The first-order valence-electron chi connectivity index (χ1n) is 28.4. The fourth-order valence-corrected chi connectivity index (χ4v) is 13.1. The number of halogens is 2. The summed E-state index contributed by atoms with van der Waals surface area (Å²) in [4.78, 5) is 50.5. The lowest BCUT2D eigenvalue weighted by molar-refractivity contribution is -0.141. The minimum Gasteiger partial charge on any atom is -0.508 e. The summed E-state index contributed by atoms with van der Waals surface area (Å²) in [6.45, 7) is 11.7. The number of phenolic OH excluding ortho intramolecular Hbond substituents is 1. The average molecular weight is 1100 g/mol. The van der Waals surface area contributed by atoms with E-state index < -0.39 is 29.7 Å². The second-order valence-electron chi connectivity index (χ2n) is 23.3. The highest BCUT2D eigenvalue weighted by atomic mass is 19.1. The standard InChI is InChI=1S/C61H68F2N12O6/c1-6-45-48(62)14-11-40-24-43(76)25-46(54(40)45)56-55(63)57-47(28-64-56)58(74-31-41-12-13-42(32-74)67-41)69-61(68-57)80-22-21-72-19-16-36(17-20-72)23-37-29-73(30-37)52-27-51(81-70-52)53(34(2)3)60(79)75-33-44(77)26-50(75)59(78)66-35(4)38-7-9-39(10-8-38)49-15-18-65-71(49)5/h1,7-11,14-15,18,24-25,27-28,34-37,41-42,44,50,53,67,76-77H,12-13,16-17,19-23,26,29-33H2,2-5H3,(H,66,78)/t35-,41?,42?,44+,50-,53+/m0/s1. The molecule has 6 atom stereocenters. The number of amides is 2. The van der Waals surface area contributed by atoms with Gasteiger partial charge in [0.05, 0.1) is 28.8 Å². The predicted octanol–water partition coefficient (Wildman–Crippen LogP) is 7.34. The number of anilines is 2. The van der Waals surface area contributed by atoms with Crippen LogP contribution in [0.15, 0.2) is 77.6 Å². The maximum Gasteiger partial charge on any atom is 0.319 e. The van der Waals surface area contributed by atoms with Gasteiger partial charge in [-0.2, -0.15) is 15.1 Å². The molecule has 4 N–H and O–H groups in total. The Morgan fingerprint density at radius 3 is 2.42 bits per heavy atom. The van der Waals surface area contributed by atoms with Gasteiger partial charge in [-0.15, -0.1) is 6.42 Å². The number of benzene rings is 3. The number of piperazine rings is 1. The van der Waals surface area contributed by atoms with Crippen molar-refractivity contribution in [3.8, 4) is 46.6 Å². The van der Waals surface area contributed by atoms with Gasteiger partial charge in [0.1, 0.15) is 47.2 Å². The molecule has 0 spiro atoms. The van der Waals surface area contributed by atoms with Crippen LogP contribution >= 0.6 is 0 Å². The Morgan fingerprint density at radius 1 is 0.938 bits per heavy atom. The average Bonchev–Trinajstić information content (AvgIpc) is 4.36. The number of fused-ring (bicyclic) bond motifs is 4. The Labute approximate surface area is 468 Å². The molecule has 422 valence electrons. The van der Waals surface area contributed by atoms with Gasteiger partial charge in [0.25, 0.3) is 0 Å². The van der Waals surface area contributed by atoms with E-state index in [1.807, 2.05) is 64.2 Å². The largest absolute Gasteiger partial charge is 0.508 e. The SMILES string of the molecule is C#Cc1c(F)ccc2cc(O)cc(-c3ncc4c(N5CC6CCC(C5)N6)nc(OCCN5CCC(CC6CN(c7cc([C@H](C(=O)N8C[C@H](O)C[C@H]8C(=O)N[C@@H](C)c8ccc(-c9ccnn9C)cc8)C(C)C)on7)C6)CC5)nc4c3F)c12. The summed E-state index contributed by atoms with van der Waals surface area (Å²) < 4.78 is 46.1. The van der Waals surface area contributed by atoms with Gasteiger partial charge in [0, 0.05) is 94.2 Å². The number of aliphatic hydroxyl groups is 1. The Kier molecular flexibility index (Phi) is 14.8. The van der Waals surface area contributed by atoms with Crippen molar-refractivity contribution in [2.24, 2.45) is 24.8 Å². The topological polar surface area (TPSA) is 203 Å². The van der Waals surface area contributed by atoms with E-state index in [9.17, 15) is 19.8 Å². The molecule has 2 amide bonds. The van der Waals surface area contributed by atoms with Crippen molar-refractivity contribution in [3.63, 3.8) is 0 Å². The maximum absolute atomic E-state index is 17.1. The number of terminal acetylenes is 1. The number of aryl methyl sites for hydroxylation is 1. The highest BCUT2D eigenvalue weighted by Crippen LogP contribution is 2.41. The van der Waals surface area contributed by atoms with Crippen LogP contribution in [-0.4, -0.2) is 145 Å². The molecule has 0 saturated carbocycles. The molecule has 5 aliphatic heterocycles. The Morgan fingerprint density at radius 2 is 1.70 bits per heavy atom. The summed E-state index contributed by atoms with van der Waals surface area (Å²) in [5.41, 5.74) is 2.89. The van der Waals surface area contributed by atoms with Gasteiger partial charge >= 0.3 is 6.01 Å². The number of carbonyl (C=O) groups is 2. The van der Waals surface area contributed by atoms with Crippen molar-refractivity contribution in [3.05, 3.63) is 102 Å². The zero-order valence-corrected chi connectivity index (χ0v) is 46.1. The maximum atomic E-state index is 17.1. The summed E-state index contributed by atoms with van der Waals surface area (Å²) in [6, 6.07) is 16.7. The Balaban J connectivity index is 0.644. The normalized spacial score (nSPS) is 21.4. The second kappa shape index (κ2) is 22.3. The van der Waals surface area contributed by atoms with E-state index >= 15 is 8.78 Å². The van der Waals surface area contributed by atoms with Crippen LogP contribution in [0.1, 0.15) is 88.1 Å². The Bertz CT molecular complexity index is 3520. The number of rotatable bonds is 16. The van der Waals surface area contributed by atoms with Crippen molar-refractivity contribution in [2.75, 3.05) is 68.8 Å². The molecule has 20 heteroatoms. The van der Waals surface area contributed by atoms with E-state index in [1.54, 1.807) is 17.1 Å². The van der Waals surface area contributed by atoms with E-state index in [2.05, 4.69) is 51.5 Å². The molecule has 81 heavy (non-hydrogen) atoms. The molecule has 2 unspecified atom stereocenters. The molecule has 9 heterocycles. The molecule has 4 aromatic heterocycles. The van der Waals surface area contributed by atoms with Crippen LogP contribution in [0.25, 0.3) is 44.2 Å². The molecule has 12 rings (SSSR count). The van der Waals surface area contributed by atoms with Crippen LogP contribution in [-0.2, 0) is 16.6 Å². The first kappa shape index (κ1) is 53.9. The number of phenols is 1. The van der Waals surface area contributed by atoms with E-state index in [-0.39, 0.29) is 88.3 Å². The van der Waals surface area contributed by atoms with Crippen LogP contribution in [0.2, 0.25) is 0 Å². The van der Waals surface area contributed by atoms with Crippen LogP contribution in [0.4, 0.5) is 20.4 Å². The van der Waals surface area contributed by atoms with Crippen LogP contribution in [0.3, 0.4) is 0 Å². The number of nitrogens with zero attached hydrogens (tertiary/aromatic N) is 10. The molecule has 0 radical (unpaired) electrons. The number of hydrogen-bond donors (Lipinski definition) is 4. The first-order chi connectivity index (χ1) is 39.2. The lowest BCUT2D eigenvalue weighted by Crippen LogP contribution is -2.51. The van der Waals surface area contributed by atoms with Crippen LogP contribution < -0.4 is 25.2 Å². The number of β-amino-alcohol motifs (C(OH)–C–C–N with tert-alkyl or cyclic N) is 1. The molecular weight excluding hydrogens is 1030 g/mol. The molecule has 5 fully saturated rings. The molecule has 2 bridgehead atoms. The molecule has 5 aliphatic rings. The summed E-state index contributed by atoms with van der Waals surface area (Å²) in [5, 5.41) is 38.0. The van der Waals surface area contributed by atoms with Crippen molar-refractivity contribution in [1.29, 1.82) is 0 Å². The Hall–Kier alpha value is -7.73. The molecular formula is C61H68F2N12O6. The van der Waals surface area contributed by atoms with Gasteiger partial charge in [-0.25, -0.2) is 8.78 Å². The number of nitrogens with one attached hydrogen (secondary N) is 2. The third-order valence-corrected chi connectivity index (χ3v) is 17.4. The lowest BCUT2D eigenvalue weighted by atomic mass is 9.83. The fourth-order valence-electron chi connectivity index (χ4n) is 13.1. The van der Waals surface area contributed by atoms with Crippen molar-refractivity contribution in [2.45, 2.75) is 95.5 Å². The van der Waals surface area contributed by atoms with Gasteiger partial charge in [0.2, 0.25) is 11.8 Å². The zero-order chi connectivity index (χ0) is 56.2. The summed E-state index contributed by atoms with van der Waals surface area (Å²) in [6.07, 6.45) is 13.6. The highest BCUT2D eigenvalue weighted by Gasteiger charge is 2.44. The molecule has 3 aromatic carbocycles. The number of ether oxygens (including phenoxy) is 1. The van der Waals surface area contributed by atoms with Crippen molar-refractivity contribution < 1.29 is 37.8 Å². The number of aliphatic hydroxyl groups excluding tert-OH is 1. The predicted molar refractivity (Wildman–Crippen MR) is 302 cm³/mol. The van der Waals surface area contributed by atoms with E-state index in [1.165, 1.54) is 29.2 Å². The third kappa shape index (κ3) is 10.7. The summed E-state index contributed by atoms with van der Waals surface area (Å²) in [7, 11) is 1.89. The zero-order valence-electron chi connectivity index (χ0n) is 46.1. The number of aromatic hydroxyl groups is 1. The summed E-state index contributed by atoms with van der Waals surface area (Å²) in [5.74, 6) is 2.17. The third-order valence-electron chi connectivity index (χ3n) is 17.4. The van der Waals surface area contributed by atoms with Crippen LogP contribution in [0.5, 0.6) is 11.8 Å². The highest BCUT2D eigenvalue weighted by molar-refractivity contribution is 6.03. The van der Waals surface area contributed by atoms with E-state index in [4.69, 9.17) is 20.7 Å². The van der Waals surface area contributed by atoms with Crippen LogP contribution in [0, 0.1) is 41.7 Å². The molecule has 0 aliphatic carbocycles. The van der Waals surface area contributed by atoms with Gasteiger partial charge in [-0.1, -0.05) is 55.3 Å². The minimum atomic E-state index is -0.832. The molecule has 7 aromatic rings. The smallest absolute Gasteiger partial charge is 0.319 e. The van der Waals surface area contributed by atoms with E-state index in [0.29, 0.717) is 66.2 Å². The van der Waals surface area contributed by atoms with Gasteiger partial charge < -0.3 is 44.8 Å². The molecule has 18 nitrogen and oxygen atoms in total. The van der Waals surface area contributed by atoms with Crippen molar-refractivity contribution >= 4 is 45.1 Å². The van der Waals surface area contributed by atoms with Gasteiger partial charge in [-0.3, -0.25) is 24.2 Å². The number of pyridine rings is 1. The minimum absolute atomic E-state index is 0.0112. The number of aromatic nitrogens is 6. The molecule has 5 saturated heterocycles. The van der Waals surface area contributed by atoms with Gasteiger partial charge in [-0.05, 0) is 111 Å². The number of piperidine rings is 1. The van der Waals surface area contributed by atoms with Gasteiger partial charge in [0.15, 0.2) is 17.4 Å². The quantitative estimate of drug-likeness (QED) is 0.0700. The monoisotopic (exact) mass is 1100 g/mol.